The fourth-order valence-corrected chi connectivity index (χ4v) is 3.67. The molecule has 0 fully saturated rings. The number of aromatic nitrogens is 5. The quantitative estimate of drug-likeness (QED) is 0.335. The number of nitrogens with zero attached hydrogens (tertiary/aromatic N) is 5. The Morgan fingerprint density at radius 1 is 1.16 bits per heavy atom. The Kier molecular flexibility index (Phi) is 6.24. The number of nitrogens with one attached hydrogen (secondary N) is 1. The van der Waals surface area contributed by atoms with Gasteiger partial charge in [-0.25, -0.2) is 19.0 Å². The lowest BCUT2D eigenvalue weighted by molar-refractivity contribution is 0.102. The molecule has 2 heterocycles. The van der Waals surface area contributed by atoms with E-state index in [1.54, 1.807) is 66.5 Å². The number of benzene rings is 2. The molecule has 0 aliphatic carbocycles. The van der Waals surface area contributed by atoms with Crippen LogP contribution >= 0.6 is 23.4 Å². The van der Waals surface area contributed by atoms with Gasteiger partial charge in [0.05, 0.1) is 11.4 Å². The van der Waals surface area contributed by atoms with Gasteiger partial charge in [-0.15, -0.1) is 5.10 Å². The normalized spacial score (nSPS) is 10.8. The molecule has 0 saturated heterocycles. The monoisotopic (exact) mass is 454 g/mol. The molecule has 1 amide bonds. The van der Waals surface area contributed by atoms with Gasteiger partial charge in [0, 0.05) is 28.9 Å². The molecule has 0 aliphatic heterocycles. The zero-order valence-corrected chi connectivity index (χ0v) is 17.9. The fraction of sp³-hybridized carbons (Fsp3) is 0.0952. The largest absolute Gasteiger partial charge is 0.320 e. The number of halogens is 2. The minimum atomic E-state index is -0.493. The Hall–Kier alpha value is -3.30. The van der Waals surface area contributed by atoms with E-state index >= 15 is 0 Å². The predicted molar refractivity (Wildman–Crippen MR) is 117 cm³/mol. The van der Waals surface area contributed by atoms with Crippen molar-refractivity contribution in [1.82, 2.24) is 25.0 Å². The van der Waals surface area contributed by atoms with Crippen LogP contribution < -0.4 is 5.32 Å². The third-order valence-electron chi connectivity index (χ3n) is 4.36. The summed E-state index contributed by atoms with van der Waals surface area (Å²) in [5, 5.41) is 12.1. The molecule has 2 aromatic heterocycles. The predicted octanol–water partition coefficient (Wildman–Crippen LogP) is 4.70. The molecule has 0 radical (unpaired) electrons. The van der Waals surface area contributed by atoms with Crippen molar-refractivity contribution in [2.24, 2.45) is 0 Å². The number of aryl methyl sites for hydroxylation is 1. The van der Waals surface area contributed by atoms with E-state index in [1.165, 1.54) is 17.8 Å². The molecule has 0 unspecified atom stereocenters. The Labute approximate surface area is 186 Å². The molecule has 10 heteroatoms. The second-order valence-electron chi connectivity index (χ2n) is 6.51. The highest BCUT2D eigenvalue weighted by molar-refractivity contribution is 7.98. The number of thioether (sulfide) groups is 1. The van der Waals surface area contributed by atoms with Crippen molar-refractivity contribution in [2.75, 3.05) is 5.32 Å². The number of amides is 1. The SMILES string of the molecule is Cc1ccc(NC(=O)c2nnn(-c3ccc(Cl)cc3)c2CSc2ncccn2)cc1F. The molecule has 4 rings (SSSR count). The fourth-order valence-electron chi connectivity index (χ4n) is 2.75. The third kappa shape index (κ3) is 4.89. The average molecular weight is 455 g/mol. The van der Waals surface area contributed by atoms with Crippen LogP contribution in [0.3, 0.4) is 0 Å². The van der Waals surface area contributed by atoms with Crippen molar-refractivity contribution in [3.8, 4) is 5.69 Å². The number of hydrogen-bond donors (Lipinski definition) is 1. The van der Waals surface area contributed by atoms with Gasteiger partial charge in [-0.2, -0.15) is 0 Å². The molecule has 7 nitrogen and oxygen atoms in total. The Morgan fingerprint density at radius 2 is 1.90 bits per heavy atom. The molecular formula is C21H16ClFN6OS. The lowest BCUT2D eigenvalue weighted by atomic mass is 10.2. The molecule has 31 heavy (non-hydrogen) atoms. The number of anilines is 1. The van der Waals surface area contributed by atoms with Crippen LogP contribution in [0.25, 0.3) is 5.69 Å². The summed E-state index contributed by atoms with van der Waals surface area (Å²) in [7, 11) is 0. The maximum Gasteiger partial charge on any atom is 0.278 e. The number of carbonyl (C=O) groups is 1. The molecule has 4 aromatic rings. The maximum absolute atomic E-state index is 13.9. The van der Waals surface area contributed by atoms with E-state index in [9.17, 15) is 9.18 Å². The van der Waals surface area contributed by atoms with Crippen LogP contribution in [-0.4, -0.2) is 30.9 Å². The summed E-state index contributed by atoms with van der Waals surface area (Å²) < 4.78 is 15.4. The summed E-state index contributed by atoms with van der Waals surface area (Å²) in [5.41, 5.74) is 2.19. The number of carbonyl (C=O) groups excluding carboxylic acids is 1. The van der Waals surface area contributed by atoms with E-state index in [0.717, 1.165) is 0 Å². The minimum Gasteiger partial charge on any atom is -0.320 e. The van der Waals surface area contributed by atoms with Crippen molar-refractivity contribution < 1.29 is 9.18 Å². The first-order valence-electron chi connectivity index (χ1n) is 9.19. The number of rotatable bonds is 6. The molecule has 2 aromatic carbocycles. The summed E-state index contributed by atoms with van der Waals surface area (Å²) in [6.45, 7) is 1.65. The van der Waals surface area contributed by atoms with Crippen LogP contribution in [0.2, 0.25) is 5.02 Å². The molecule has 1 N–H and O–H groups in total. The first kappa shape index (κ1) is 21.0. The van der Waals surface area contributed by atoms with Gasteiger partial charge < -0.3 is 5.32 Å². The Balaban J connectivity index is 1.66. The van der Waals surface area contributed by atoms with Crippen LogP contribution in [0.4, 0.5) is 10.1 Å². The van der Waals surface area contributed by atoms with E-state index in [2.05, 4.69) is 25.6 Å². The van der Waals surface area contributed by atoms with Crippen molar-refractivity contribution in [3.63, 3.8) is 0 Å². The van der Waals surface area contributed by atoms with Gasteiger partial charge in [-0.3, -0.25) is 4.79 Å². The standard InChI is InChI=1S/C21H16ClFN6OS/c1-13-3-6-15(11-17(13)23)26-20(30)19-18(12-31-21-24-9-2-10-25-21)29(28-27-19)16-7-4-14(22)5-8-16/h2-11H,12H2,1H3,(H,26,30). The third-order valence-corrected chi connectivity index (χ3v) is 5.50. The first-order chi connectivity index (χ1) is 15.0. The van der Waals surface area contributed by atoms with Gasteiger partial charge in [-0.05, 0) is 55.0 Å². The topological polar surface area (TPSA) is 85.6 Å². The minimum absolute atomic E-state index is 0.124. The van der Waals surface area contributed by atoms with Gasteiger partial charge in [0.2, 0.25) is 0 Å². The van der Waals surface area contributed by atoms with Crippen LogP contribution in [0.15, 0.2) is 66.1 Å². The van der Waals surface area contributed by atoms with Gasteiger partial charge >= 0.3 is 0 Å². The first-order valence-corrected chi connectivity index (χ1v) is 10.6. The van der Waals surface area contributed by atoms with Crippen LogP contribution in [-0.2, 0) is 5.75 Å². The van der Waals surface area contributed by atoms with Gasteiger partial charge in [-0.1, -0.05) is 34.6 Å². The van der Waals surface area contributed by atoms with Gasteiger partial charge in [0.25, 0.3) is 5.91 Å². The molecule has 0 saturated carbocycles. The van der Waals surface area contributed by atoms with E-state index in [0.29, 0.717) is 38.6 Å². The Bertz CT molecular complexity index is 1220. The van der Waals surface area contributed by atoms with E-state index in [-0.39, 0.29) is 5.69 Å². The highest BCUT2D eigenvalue weighted by Crippen LogP contribution is 2.24. The van der Waals surface area contributed by atoms with Crippen molar-refractivity contribution in [3.05, 3.63) is 88.7 Å². The molecule has 0 aliphatic rings. The Morgan fingerprint density at radius 3 is 2.61 bits per heavy atom. The van der Waals surface area contributed by atoms with Crippen molar-refractivity contribution in [2.45, 2.75) is 17.8 Å². The average Bonchev–Trinajstić information content (AvgIpc) is 3.20. The summed E-state index contributed by atoms with van der Waals surface area (Å²) in [4.78, 5) is 21.3. The van der Waals surface area contributed by atoms with Crippen LogP contribution in [0.1, 0.15) is 21.7 Å². The van der Waals surface area contributed by atoms with Crippen molar-refractivity contribution >= 4 is 35.0 Å². The summed E-state index contributed by atoms with van der Waals surface area (Å²) in [6, 6.07) is 13.2. The second kappa shape index (κ2) is 9.23. The van der Waals surface area contributed by atoms with Gasteiger partial charge in [0.15, 0.2) is 10.9 Å². The van der Waals surface area contributed by atoms with Gasteiger partial charge in [0.1, 0.15) is 5.82 Å². The summed E-state index contributed by atoms with van der Waals surface area (Å²) in [5.74, 6) is -0.558. The van der Waals surface area contributed by atoms with Crippen molar-refractivity contribution in [1.29, 1.82) is 0 Å². The smallest absolute Gasteiger partial charge is 0.278 e. The highest BCUT2D eigenvalue weighted by atomic mass is 35.5. The van der Waals surface area contributed by atoms with E-state index < -0.39 is 11.7 Å². The lowest BCUT2D eigenvalue weighted by Crippen LogP contribution is -2.15. The molecule has 156 valence electrons. The molecule has 0 atom stereocenters. The zero-order chi connectivity index (χ0) is 21.8. The van der Waals surface area contributed by atoms with Crippen LogP contribution in [0.5, 0.6) is 0 Å². The number of hydrogen-bond acceptors (Lipinski definition) is 6. The highest BCUT2D eigenvalue weighted by Gasteiger charge is 2.22. The maximum atomic E-state index is 13.9. The summed E-state index contributed by atoms with van der Waals surface area (Å²) >= 11 is 7.33. The lowest BCUT2D eigenvalue weighted by Gasteiger charge is -2.09. The second-order valence-corrected chi connectivity index (χ2v) is 7.89. The van der Waals surface area contributed by atoms with E-state index in [1.807, 2.05) is 0 Å². The van der Waals surface area contributed by atoms with Crippen LogP contribution in [0, 0.1) is 12.7 Å². The molecular weight excluding hydrogens is 439 g/mol. The summed E-state index contributed by atoms with van der Waals surface area (Å²) in [6.07, 6.45) is 3.28. The molecule has 0 spiro atoms. The zero-order valence-electron chi connectivity index (χ0n) is 16.3. The molecule has 0 bridgehead atoms. The van der Waals surface area contributed by atoms with E-state index in [4.69, 9.17) is 11.6 Å².